The van der Waals surface area contributed by atoms with Crippen LogP contribution in [0.2, 0.25) is 0 Å². The normalized spacial score (nSPS) is 14.2. The van der Waals surface area contributed by atoms with Gasteiger partial charge in [-0.25, -0.2) is 0 Å². The molecule has 89 heavy (non-hydrogen) atoms. The van der Waals surface area contributed by atoms with Crippen molar-refractivity contribution in [3.63, 3.8) is 0 Å². The van der Waals surface area contributed by atoms with Crippen molar-refractivity contribution in [1.29, 1.82) is 0 Å². The predicted octanol–water partition coefficient (Wildman–Crippen LogP) is 19.4. The Kier molecular flexibility index (Phi) is 21.1. The first-order valence-corrected chi connectivity index (χ1v) is 34.7. The Morgan fingerprint density at radius 3 is 0.865 bits per heavy atom. The van der Waals surface area contributed by atoms with E-state index in [2.05, 4.69) is 207 Å². The van der Waals surface area contributed by atoms with E-state index in [0.717, 1.165) is 48.2 Å². The lowest BCUT2D eigenvalue weighted by atomic mass is 9.67. The highest BCUT2D eigenvalue weighted by molar-refractivity contribution is 5.92. The van der Waals surface area contributed by atoms with Gasteiger partial charge in [-0.3, -0.25) is 0 Å². The zero-order valence-corrected chi connectivity index (χ0v) is 54.1. The first-order valence-electron chi connectivity index (χ1n) is 34.7. The molecule has 0 aliphatic heterocycles. The van der Waals surface area contributed by atoms with Gasteiger partial charge in [0.05, 0.1) is 31.8 Å². The van der Waals surface area contributed by atoms with Crippen molar-refractivity contribution in [1.82, 2.24) is 0 Å². The second kappa shape index (κ2) is 29.4. The molecule has 8 aromatic rings. The number of anilines is 2. The Labute approximate surface area is 533 Å². The van der Waals surface area contributed by atoms with E-state index in [9.17, 15) is 20.4 Å². The summed E-state index contributed by atoms with van der Waals surface area (Å²) in [6, 6.07) is 66.1. The first kappa shape index (κ1) is 63.8. The van der Waals surface area contributed by atoms with Crippen molar-refractivity contribution in [3.8, 4) is 55.6 Å². The molecule has 0 spiro atoms. The van der Waals surface area contributed by atoms with Crippen LogP contribution in [-0.4, -0.2) is 73.0 Å². The van der Waals surface area contributed by atoms with E-state index in [1.54, 1.807) is 0 Å². The van der Waals surface area contributed by atoms with Gasteiger partial charge in [0.15, 0.2) is 0 Å². The van der Waals surface area contributed by atoms with Gasteiger partial charge >= 0.3 is 0 Å². The van der Waals surface area contributed by atoms with E-state index >= 15 is 0 Å². The van der Waals surface area contributed by atoms with Crippen molar-refractivity contribution >= 4 is 11.4 Å². The van der Waals surface area contributed by atoms with Gasteiger partial charge in [-0.15, -0.1) is 0 Å². The van der Waals surface area contributed by atoms with Crippen LogP contribution in [0.3, 0.4) is 0 Å². The predicted molar refractivity (Wildman–Crippen MR) is 375 cm³/mol. The summed E-state index contributed by atoms with van der Waals surface area (Å²) in [4.78, 5) is 4.13. The second-order valence-electron chi connectivity index (χ2n) is 26.3. The van der Waals surface area contributed by atoms with E-state index in [1.165, 1.54) is 192 Å². The third-order valence-electron chi connectivity index (χ3n) is 21.0. The molecular weight excluding hydrogens is 1090 g/mol. The van der Waals surface area contributed by atoms with Gasteiger partial charge in [0, 0.05) is 48.4 Å². The maximum atomic E-state index is 10.3. The smallest absolute Gasteiger partial charge is 0.0714 e. The molecule has 8 aromatic carbocycles. The molecule has 6 nitrogen and oxygen atoms in total. The van der Waals surface area contributed by atoms with Gasteiger partial charge in [-0.05, 0) is 174 Å². The summed E-state index contributed by atoms with van der Waals surface area (Å²) in [6.45, 7) is 10.9. The highest BCUT2D eigenvalue weighted by atomic mass is 16.3. The molecule has 0 unspecified atom stereocenters. The summed E-state index contributed by atoms with van der Waals surface area (Å²) in [5.74, 6) is 0. The van der Waals surface area contributed by atoms with Crippen LogP contribution in [0.4, 0.5) is 11.4 Å². The lowest BCUT2D eigenvalue weighted by molar-refractivity contribution is 0.280. The van der Waals surface area contributed by atoms with Gasteiger partial charge in [0.25, 0.3) is 0 Å². The summed E-state index contributed by atoms with van der Waals surface area (Å²) in [5, 5.41) is 41.0. The SMILES string of the molecule is CCCCCCC1(CCCCCC)c2ccccc2-c2ccc(-c3ccc4c(c3)C(c3ccc(N(CCO)CCO)cc3)(c3ccc(N(CCO)CCO)cc3)c3cc(-c5ccc6c(c5)C(CCCCCC)(CCCCCC)c5ccccc5-6)ccc3-4)cc21. The third kappa shape index (κ3) is 12.3. The summed E-state index contributed by atoms with van der Waals surface area (Å²) in [7, 11) is 0. The maximum Gasteiger partial charge on any atom is 0.0714 e. The minimum atomic E-state index is -0.810. The van der Waals surface area contributed by atoms with Gasteiger partial charge in [0.2, 0.25) is 0 Å². The van der Waals surface area contributed by atoms with Crippen molar-refractivity contribution in [2.24, 2.45) is 0 Å². The number of hydrogen-bond donors (Lipinski definition) is 4. The van der Waals surface area contributed by atoms with Crippen molar-refractivity contribution in [2.75, 3.05) is 62.4 Å². The quantitative estimate of drug-likeness (QED) is 0.0301. The van der Waals surface area contributed by atoms with Crippen LogP contribution in [0.15, 0.2) is 170 Å². The van der Waals surface area contributed by atoms with Crippen LogP contribution in [0.5, 0.6) is 0 Å². The molecule has 0 radical (unpaired) electrons. The van der Waals surface area contributed by atoms with Crippen LogP contribution in [0.25, 0.3) is 55.6 Å². The lowest BCUT2D eigenvalue weighted by Gasteiger charge is -2.35. The van der Waals surface area contributed by atoms with Gasteiger partial charge in [0.1, 0.15) is 0 Å². The van der Waals surface area contributed by atoms with Gasteiger partial charge in [-0.2, -0.15) is 0 Å². The molecule has 11 rings (SSSR count). The Morgan fingerprint density at radius 1 is 0.281 bits per heavy atom. The minimum absolute atomic E-state index is 0.0187. The van der Waals surface area contributed by atoms with Crippen LogP contribution in [0.1, 0.15) is 201 Å². The molecule has 0 aromatic heterocycles. The first-order chi connectivity index (χ1) is 43.8. The van der Waals surface area contributed by atoms with Crippen LogP contribution in [-0.2, 0) is 16.2 Å². The number of hydrogen-bond acceptors (Lipinski definition) is 6. The number of nitrogens with zero attached hydrogens (tertiary/aromatic N) is 2. The highest BCUT2D eigenvalue weighted by Gasteiger charge is 2.48. The van der Waals surface area contributed by atoms with Crippen LogP contribution in [0, 0.1) is 0 Å². The van der Waals surface area contributed by atoms with E-state index in [4.69, 9.17) is 0 Å². The van der Waals surface area contributed by atoms with E-state index in [1.807, 2.05) is 0 Å². The fraction of sp³-hybridized carbons (Fsp3) is 0.422. The molecule has 6 heteroatoms. The summed E-state index contributed by atoms with van der Waals surface area (Å²) in [6.07, 6.45) is 24.4. The topological polar surface area (TPSA) is 87.4 Å². The number of unbranched alkanes of at least 4 members (excludes halogenated alkanes) is 12. The number of benzene rings is 8. The number of fused-ring (bicyclic) bond motifs is 9. The molecule has 0 fully saturated rings. The average Bonchev–Trinajstić information content (AvgIpc) is 1.60. The zero-order valence-electron chi connectivity index (χ0n) is 54.1. The average molecular weight is 1190 g/mol. The molecule has 0 atom stereocenters. The molecule has 0 amide bonds. The van der Waals surface area contributed by atoms with Crippen molar-refractivity contribution in [2.45, 2.75) is 172 Å². The van der Waals surface area contributed by atoms with Crippen LogP contribution < -0.4 is 9.80 Å². The molecule has 4 N–H and O–H groups in total. The van der Waals surface area contributed by atoms with E-state index < -0.39 is 5.41 Å². The fourth-order valence-corrected chi connectivity index (χ4v) is 16.6. The summed E-state index contributed by atoms with van der Waals surface area (Å²) < 4.78 is 0. The molecule has 0 heterocycles. The Morgan fingerprint density at radius 2 is 0.562 bits per heavy atom. The lowest BCUT2D eigenvalue weighted by Crippen LogP contribution is -2.31. The van der Waals surface area contributed by atoms with Crippen molar-refractivity contribution < 1.29 is 20.4 Å². The molecule has 0 saturated heterocycles. The third-order valence-corrected chi connectivity index (χ3v) is 21.0. The molecule has 3 aliphatic carbocycles. The van der Waals surface area contributed by atoms with E-state index in [-0.39, 0.29) is 37.3 Å². The Bertz CT molecular complexity index is 3340. The summed E-state index contributed by atoms with van der Waals surface area (Å²) >= 11 is 0. The highest BCUT2D eigenvalue weighted by Crippen LogP contribution is 2.60. The largest absolute Gasteiger partial charge is 0.395 e. The Hall–Kier alpha value is -6.80. The maximum absolute atomic E-state index is 10.3. The van der Waals surface area contributed by atoms with Gasteiger partial charge in [-0.1, -0.05) is 252 Å². The summed E-state index contributed by atoms with van der Waals surface area (Å²) in [5.41, 5.74) is 24.6. The molecular formula is C83H100N2O4. The second-order valence-corrected chi connectivity index (χ2v) is 26.3. The molecule has 3 aliphatic rings. The number of aliphatic hydroxyl groups excluding tert-OH is 4. The van der Waals surface area contributed by atoms with Gasteiger partial charge < -0.3 is 30.2 Å². The minimum Gasteiger partial charge on any atom is -0.395 e. The molecule has 0 saturated carbocycles. The number of rotatable bonds is 34. The fourth-order valence-electron chi connectivity index (χ4n) is 16.6. The standard InChI is InChI=1S/C83H100N2O4/c1-5-9-13-21-45-81(46-22-14-10-6-2)75-27-19-17-25-69(75)71-41-29-61(57-77(71)81)63-31-43-73-74-44-32-64(62-30-42-72-70-26-18-20-28-76(70)82(78(72)58-62,47-23-15-11-7-3)48-24-16-12-8-4)60-80(74)83(79(73)59-63,65-33-37-67(38-34-65)84(49-53-86)50-54-87)66-35-39-68(40-36-66)85(51-55-88)52-56-89/h17-20,25-44,57-60,86-89H,5-16,21-24,45-56H2,1-4H3. The molecule has 0 bridgehead atoms. The van der Waals surface area contributed by atoms with Crippen molar-refractivity contribution in [3.05, 3.63) is 214 Å². The monoisotopic (exact) mass is 1190 g/mol. The van der Waals surface area contributed by atoms with Crippen LogP contribution >= 0.6 is 0 Å². The molecule has 466 valence electrons. The zero-order chi connectivity index (χ0) is 61.8. The number of aliphatic hydroxyl groups is 4. The Balaban J connectivity index is 1.13. The van der Waals surface area contributed by atoms with E-state index in [0.29, 0.717) is 26.2 Å².